The molecule has 0 fully saturated rings. The summed E-state index contributed by atoms with van der Waals surface area (Å²) in [5, 5.41) is 17.1. The normalized spacial score (nSPS) is 12.3. The molecule has 2 N–H and O–H groups in total. The summed E-state index contributed by atoms with van der Waals surface area (Å²) in [6.45, 7) is 4.95. The predicted octanol–water partition coefficient (Wildman–Crippen LogP) is 1.09. The quantitative estimate of drug-likeness (QED) is 0.683. The van der Waals surface area contributed by atoms with E-state index < -0.39 is 22.9 Å². The maximum Gasteiger partial charge on any atom is 0.332 e. The Kier molecular flexibility index (Phi) is 4.21. The molecule has 0 bridgehead atoms. The zero-order valence-electron chi connectivity index (χ0n) is 8.90. The average Bonchev–Trinajstić information content (AvgIpc) is 1.99. The van der Waals surface area contributed by atoms with Gasteiger partial charge in [0, 0.05) is 17.9 Å². The second kappa shape index (κ2) is 4.72. The highest BCUT2D eigenvalue weighted by Crippen LogP contribution is 2.19. The largest absolute Gasteiger partial charge is 0.478 e. The number of aliphatic carboxylic acids is 2. The van der Waals surface area contributed by atoms with Crippen molar-refractivity contribution < 1.29 is 24.6 Å². The van der Waals surface area contributed by atoms with Gasteiger partial charge in [-0.05, 0) is 0 Å². The van der Waals surface area contributed by atoms with Gasteiger partial charge in [0.2, 0.25) is 0 Å². The van der Waals surface area contributed by atoms with E-state index in [0.717, 1.165) is 0 Å². The zero-order valence-corrected chi connectivity index (χ0v) is 8.90. The van der Waals surface area contributed by atoms with E-state index in [1.807, 2.05) is 0 Å². The van der Waals surface area contributed by atoms with Gasteiger partial charge in [0.25, 0.3) is 0 Å². The van der Waals surface area contributed by atoms with Crippen LogP contribution in [0.3, 0.4) is 0 Å². The van der Waals surface area contributed by atoms with Crippen molar-refractivity contribution in [1.82, 2.24) is 0 Å². The summed E-state index contributed by atoms with van der Waals surface area (Å²) in [5.41, 5.74) is -1.07. The Bertz CT molecular complexity index is 319. The van der Waals surface area contributed by atoms with Crippen LogP contribution in [-0.4, -0.2) is 27.9 Å². The highest BCUT2D eigenvalue weighted by Gasteiger charge is 2.24. The molecule has 0 aromatic carbocycles. The fourth-order valence-corrected chi connectivity index (χ4v) is 0.776. The maximum atomic E-state index is 11.5. The van der Waals surface area contributed by atoms with Crippen LogP contribution in [0.2, 0.25) is 0 Å². The fourth-order valence-electron chi connectivity index (χ4n) is 0.776. The van der Waals surface area contributed by atoms with Crippen molar-refractivity contribution in [2.75, 3.05) is 0 Å². The molecule has 0 aromatic heterocycles. The highest BCUT2D eigenvalue weighted by molar-refractivity contribution is 6.00. The number of hydrogen-bond acceptors (Lipinski definition) is 3. The van der Waals surface area contributed by atoms with E-state index in [0.29, 0.717) is 6.08 Å². The van der Waals surface area contributed by atoms with Gasteiger partial charge in [0.1, 0.15) is 5.78 Å². The van der Waals surface area contributed by atoms with Crippen LogP contribution in [0.5, 0.6) is 0 Å². The summed E-state index contributed by atoms with van der Waals surface area (Å²) < 4.78 is 0. The Balaban J connectivity index is 4.81. The second-order valence-corrected chi connectivity index (χ2v) is 4.16. The Morgan fingerprint density at radius 2 is 1.60 bits per heavy atom. The van der Waals surface area contributed by atoms with Gasteiger partial charge in [-0.25, -0.2) is 9.59 Å². The molecule has 84 valence electrons. The third-order valence-corrected chi connectivity index (χ3v) is 1.76. The predicted molar refractivity (Wildman–Crippen MR) is 52.4 cm³/mol. The third kappa shape index (κ3) is 4.95. The average molecular weight is 214 g/mol. The van der Waals surface area contributed by atoms with Gasteiger partial charge in [-0.1, -0.05) is 20.8 Å². The van der Waals surface area contributed by atoms with Crippen molar-refractivity contribution in [3.05, 3.63) is 11.6 Å². The number of rotatable bonds is 4. The van der Waals surface area contributed by atoms with Gasteiger partial charge in [-0.3, -0.25) is 4.79 Å². The van der Waals surface area contributed by atoms with E-state index in [9.17, 15) is 14.4 Å². The van der Waals surface area contributed by atoms with E-state index in [-0.39, 0.29) is 12.2 Å². The van der Waals surface area contributed by atoms with Crippen LogP contribution in [0.1, 0.15) is 27.2 Å². The molecule has 5 heteroatoms. The minimum atomic E-state index is -1.38. The van der Waals surface area contributed by atoms with Crippen molar-refractivity contribution in [2.24, 2.45) is 5.41 Å². The number of carbonyl (C=O) groups is 3. The molecule has 0 aliphatic carbocycles. The summed E-state index contributed by atoms with van der Waals surface area (Å²) in [7, 11) is 0. The van der Waals surface area contributed by atoms with Crippen LogP contribution >= 0.6 is 0 Å². The van der Waals surface area contributed by atoms with Gasteiger partial charge in [-0.15, -0.1) is 0 Å². The maximum absolute atomic E-state index is 11.5. The van der Waals surface area contributed by atoms with E-state index >= 15 is 0 Å². The first kappa shape index (κ1) is 13.4. The molecule has 0 amide bonds. The van der Waals surface area contributed by atoms with Gasteiger partial charge in [0.15, 0.2) is 0 Å². The second-order valence-electron chi connectivity index (χ2n) is 4.16. The number of Topliss-reactive ketones (excluding diaryl/α,β-unsaturated/α-hetero) is 1. The summed E-state index contributed by atoms with van der Waals surface area (Å²) in [6.07, 6.45) is 0.178. The molecule has 0 aromatic rings. The van der Waals surface area contributed by atoms with Crippen molar-refractivity contribution in [3.63, 3.8) is 0 Å². The smallest absolute Gasteiger partial charge is 0.332 e. The lowest BCUT2D eigenvalue weighted by molar-refractivity contribution is -0.136. The molecule has 0 aliphatic heterocycles. The molecule has 0 saturated carbocycles. The van der Waals surface area contributed by atoms with Gasteiger partial charge in [0.05, 0.1) is 5.57 Å². The first-order chi connectivity index (χ1) is 6.64. The van der Waals surface area contributed by atoms with Gasteiger partial charge >= 0.3 is 11.9 Å². The fraction of sp³-hybridized carbons (Fsp3) is 0.500. The van der Waals surface area contributed by atoms with Crippen LogP contribution in [0.4, 0.5) is 0 Å². The third-order valence-electron chi connectivity index (χ3n) is 1.76. The molecule has 0 atom stereocenters. The molecule has 0 aliphatic rings. The minimum Gasteiger partial charge on any atom is -0.478 e. The van der Waals surface area contributed by atoms with Gasteiger partial charge in [-0.2, -0.15) is 0 Å². The summed E-state index contributed by atoms with van der Waals surface area (Å²) in [6, 6.07) is 0. The van der Waals surface area contributed by atoms with Gasteiger partial charge < -0.3 is 10.2 Å². The molecule has 0 radical (unpaired) electrons. The topological polar surface area (TPSA) is 91.7 Å². The number of hydrogen-bond donors (Lipinski definition) is 2. The summed E-state index contributed by atoms with van der Waals surface area (Å²) in [5.74, 6) is -3.05. The number of carboxylic acids is 2. The van der Waals surface area contributed by atoms with Crippen LogP contribution < -0.4 is 0 Å². The van der Waals surface area contributed by atoms with Crippen LogP contribution in [0.25, 0.3) is 0 Å². The van der Waals surface area contributed by atoms with E-state index in [4.69, 9.17) is 10.2 Å². The molecule has 0 unspecified atom stereocenters. The van der Waals surface area contributed by atoms with E-state index in [1.54, 1.807) is 20.8 Å². The summed E-state index contributed by atoms with van der Waals surface area (Å²) >= 11 is 0. The Morgan fingerprint density at radius 1 is 1.13 bits per heavy atom. The van der Waals surface area contributed by atoms with Crippen molar-refractivity contribution >= 4 is 17.7 Å². The molecule has 0 heterocycles. The zero-order chi connectivity index (χ0) is 12.2. The van der Waals surface area contributed by atoms with Crippen molar-refractivity contribution in [1.29, 1.82) is 0 Å². The SMILES string of the molecule is CC(C)(C)C(=O)C/C(=C/C(=O)O)C(=O)O. The van der Waals surface area contributed by atoms with E-state index in [1.165, 1.54) is 0 Å². The minimum absolute atomic E-state index is 0.308. The molecule has 0 spiro atoms. The lowest BCUT2D eigenvalue weighted by Crippen LogP contribution is -2.22. The number of carbonyl (C=O) groups excluding carboxylic acids is 1. The van der Waals surface area contributed by atoms with E-state index in [2.05, 4.69) is 0 Å². The number of carboxylic acid groups (broad SMARTS) is 2. The first-order valence-electron chi connectivity index (χ1n) is 4.34. The summed E-state index contributed by atoms with van der Waals surface area (Å²) in [4.78, 5) is 32.4. The molecule has 0 saturated heterocycles. The lowest BCUT2D eigenvalue weighted by atomic mass is 9.87. The lowest BCUT2D eigenvalue weighted by Gasteiger charge is -2.16. The first-order valence-corrected chi connectivity index (χ1v) is 4.34. The van der Waals surface area contributed by atoms with Crippen molar-refractivity contribution in [2.45, 2.75) is 27.2 Å². The Labute approximate surface area is 87.4 Å². The molecular weight excluding hydrogens is 200 g/mol. The van der Waals surface area contributed by atoms with Crippen LogP contribution in [0.15, 0.2) is 11.6 Å². The van der Waals surface area contributed by atoms with Crippen LogP contribution in [0, 0.1) is 5.41 Å². The molecule has 5 nitrogen and oxygen atoms in total. The molecule has 15 heavy (non-hydrogen) atoms. The monoisotopic (exact) mass is 214 g/mol. The molecular formula is C10H14O5. The highest BCUT2D eigenvalue weighted by atomic mass is 16.4. The molecule has 0 rings (SSSR count). The Morgan fingerprint density at radius 3 is 1.87 bits per heavy atom. The standard InChI is InChI=1S/C10H14O5/c1-10(2,3)7(11)4-6(9(14)15)5-8(12)13/h5H,4H2,1-3H3,(H,12,13)(H,14,15)/b6-5-. The number of ketones is 1. The Hall–Kier alpha value is -1.65. The van der Waals surface area contributed by atoms with Crippen LogP contribution in [-0.2, 0) is 14.4 Å². The van der Waals surface area contributed by atoms with Crippen molar-refractivity contribution in [3.8, 4) is 0 Å².